The lowest BCUT2D eigenvalue weighted by Crippen LogP contribution is -2.38. The number of ether oxygens (including phenoxy) is 3. The largest absolute Gasteiger partial charge is 0.490 e. The van der Waals surface area contributed by atoms with Gasteiger partial charge in [0.25, 0.3) is 0 Å². The molecule has 2 heterocycles. The molecule has 198 valence electrons. The molecule has 2 aliphatic heterocycles. The summed E-state index contributed by atoms with van der Waals surface area (Å²) >= 11 is 0. The van der Waals surface area contributed by atoms with Crippen molar-refractivity contribution < 1.29 is 23.4 Å². The molecule has 7 nitrogen and oxygen atoms in total. The lowest BCUT2D eigenvalue weighted by molar-refractivity contribution is 0.0943. The molecular weight excluding hydrogens is 473 g/mol. The fourth-order valence-corrected chi connectivity index (χ4v) is 5.54. The predicted molar refractivity (Wildman–Crippen MR) is 141 cm³/mol. The molecule has 1 saturated carbocycles. The number of fused-ring (bicyclic) bond motifs is 3. The van der Waals surface area contributed by atoms with Gasteiger partial charge in [0.05, 0.1) is 43.1 Å². The summed E-state index contributed by atoms with van der Waals surface area (Å²) in [5.74, 6) is 0.538. The van der Waals surface area contributed by atoms with E-state index in [-0.39, 0.29) is 41.5 Å². The number of carbonyl (C=O) groups excluding carboxylic acids is 1. The number of hydrogen-bond acceptors (Lipinski definition) is 6. The van der Waals surface area contributed by atoms with Crippen LogP contribution in [0.4, 0.5) is 10.1 Å². The molecule has 0 amide bonds. The first kappa shape index (κ1) is 25.4. The molecule has 2 aromatic carbocycles. The highest BCUT2D eigenvalue weighted by atomic mass is 19.1. The van der Waals surface area contributed by atoms with Gasteiger partial charge in [-0.1, -0.05) is 20.8 Å². The average Bonchev–Trinajstić information content (AvgIpc) is 3.61. The van der Waals surface area contributed by atoms with Crippen LogP contribution >= 0.6 is 0 Å². The van der Waals surface area contributed by atoms with E-state index in [1.54, 1.807) is 11.8 Å². The van der Waals surface area contributed by atoms with Crippen molar-refractivity contribution in [1.82, 2.24) is 4.90 Å². The lowest BCUT2D eigenvalue weighted by atomic mass is 9.84. The Labute approximate surface area is 218 Å². The lowest BCUT2D eigenvalue weighted by Gasteiger charge is -2.33. The van der Waals surface area contributed by atoms with Crippen LogP contribution in [-0.2, 0) is 11.0 Å². The Hall–Kier alpha value is -3.29. The summed E-state index contributed by atoms with van der Waals surface area (Å²) in [6.07, 6.45) is 1.51. The number of carbonyl (C=O) groups is 1. The Bertz CT molecular complexity index is 1280. The molecule has 3 aliphatic rings. The molecule has 1 fully saturated rings. The second-order valence-electron chi connectivity index (χ2n) is 11.1. The SMILES string of the molecule is CCOc1cc2c(c(F)c1OCC)C(=N)N(CC(=O)c1cc3c(c(C(C)(C)C)c1)OCCN3C)C21CC1. The maximum absolute atomic E-state index is 15.7. The van der Waals surface area contributed by atoms with Crippen molar-refractivity contribution in [1.29, 1.82) is 5.41 Å². The molecule has 37 heavy (non-hydrogen) atoms. The van der Waals surface area contributed by atoms with Crippen LogP contribution < -0.4 is 19.1 Å². The van der Waals surface area contributed by atoms with E-state index in [1.165, 1.54) is 0 Å². The van der Waals surface area contributed by atoms with Gasteiger partial charge in [0.2, 0.25) is 0 Å². The summed E-state index contributed by atoms with van der Waals surface area (Å²) in [7, 11) is 2.00. The topological polar surface area (TPSA) is 75.1 Å². The Morgan fingerprint density at radius 2 is 1.86 bits per heavy atom. The Kier molecular flexibility index (Phi) is 6.12. The fraction of sp³-hybridized carbons (Fsp3) is 0.517. The van der Waals surface area contributed by atoms with E-state index in [0.29, 0.717) is 30.1 Å². The first-order valence-corrected chi connectivity index (χ1v) is 13.1. The minimum atomic E-state index is -0.586. The molecule has 1 spiro atoms. The number of ketones is 1. The van der Waals surface area contributed by atoms with Crippen molar-refractivity contribution in [3.8, 4) is 17.2 Å². The first-order chi connectivity index (χ1) is 17.5. The number of nitrogens with one attached hydrogen (secondary N) is 1. The van der Waals surface area contributed by atoms with Gasteiger partial charge in [-0.15, -0.1) is 0 Å². The van der Waals surface area contributed by atoms with Crippen molar-refractivity contribution in [2.45, 2.75) is 58.4 Å². The van der Waals surface area contributed by atoms with Crippen molar-refractivity contribution in [3.05, 3.63) is 46.3 Å². The maximum Gasteiger partial charge on any atom is 0.197 e. The van der Waals surface area contributed by atoms with E-state index >= 15 is 4.39 Å². The van der Waals surface area contributed by atoms with Crippen molar-refractivity contribution in [2.24, 2.45) is 0 Å². The van der Waals surface area contributed by atoms with E-state index in [2.05, 4.69) is 25.7 Å². The van der Waals surface area contributed by atoms with Gasteiger partial charge >= 0.3 is 0 Å². The third kappa shape index (κ3) is 4.01. The van der Waals surface area contributed by atoms with Gasteiger partial charge in [0.1, 0.15) is 18.2 Å². The van der Waals surface area contributed by atoms with Crippen LogP contribution in [0.15, 0.2) is 18.2 Å². The van der Waals surface area contributed by atoms with Crippen LogP contribution in [0.1, 0.15) is 74.5 Å². The molecule has 0 aromatic heterocycles. The summed E-state index contributed by atoms with van der Waals surface area (Å²) in [6, 6.07) is 5.62. The number of halogens is 1. The standard InChI is InChI=1S/C29H36FN3O4/c1-7-35-22-15-18-23(24(30)26(22)36-8-2)27(31)33(29(18)9-10-29)16-21(34)17-13-19(28(3,4)5)25-20(14-17)32(6)11-12-37-25/h13-15,31H,7-12,16H2,1-6H3. The van der Waals surface area contributed by atoms with Crippen LogP contribution in [0, 0.1) is 11.2 Å². The zero-order valence-corrected chi connectivity index (χ0v) is 22.6. The van der Waals surface area contributed by atoms with Gasteiger partial charge in [0.15, 0.2) is 23.1 Å². The van der Waals surface area contributed by atoms with Crippen LogP contribution in [0.25, 0.3) is 0 Å². The number of benzene rings is 2. The predicted octanol–water partition coefficient (Wildman–Crippen LogP) is 5.26. The summed E-state index contributed by atoms with van der Waals surface area (Å²) in [5, 5.41) is 8.92. The fourth-order valence-electron chi connectivity index (χ4n) is 5.54. The highest BCUT2D eigenvalue weighted by molar-refractivity contribution is 6.08. The van der Waals surface area contributed by atoms with Crippen LogP contribution in [0.2, 0.25) is 0 Å². The average molecular weight is 510 g/mol. The molecule has 1 aliphatic carbocycles. The smallest absolute Gasteiger partial charge is 0.197 e. The summed E-state index contributed by atoms with van der Waals surface area (Å²) in [4.78, 5) is 17.6. The number of nitrogens with zero attached hydrogens (tertiary/aromatic N) is 2. The van der Waals surface area contributed by atoms with Gasteiger partial charge in [0, 0.05) is 18.2 Å². The minimum Gasteiger partial charge on any atom is -0.490 e. The number of Topliss-reactive ketones (excluding diaryl/α,β-unsaturated/α-hetero) is 1. The molecule has 0 radical (unpaired) electrons. The first-order valence-electron chi connectivity index (χ1n) is 13.1. The van der Waals surface area contributed by atoms with Gasteiger partial charge in [-0.2, -0.15) is 0 Å². The van der Waals surface area contributed by atoms with Gasteiger partial charge < -0.3 is 24.0 Å². The number of amidine groups is 1. The molecule has 5 rings (SSSR count). The van der Waals surface area contributed by atoms with Crippen LogP contribution in [0.3, 0.4) is 0 Å². The zero-order valence-electron chi connectivity index (χ0n) is 22.6. The Morgan fingerprint density at radius 3 is 2.49 bits per heavy atom. The highest BCUT2D eigenvalue weighted by Crippen LogP contribution is 2.59. The summed E-state index contributed by atoms with van der Waals surface area (Å²) in [6.45, 7) is 11.9. The molecule has 0 bridgehead atoms. The molecular formula is C29H36FN3O4. The van der Waals surface area contributed by atoms with Crippen molar-refractivity contribution in [2.75, 3.05) is 44.9 Å². The normalized spacial score (nSPS) is 17.4. The van der Waals surface area contributed by atoms with E-state index in [1.807, 2.05) is 32.2 Å². The second-order valence-corrected chi connectivity index (χ2v) is 11.1. The number of hydrogen-bond donors (Lipinski definition) is 1. The number of rotatable bonds is 7. The van der Waals surface area contributed by atoms with Gasteiger partial charge in [-0.3, -0.25) is 10.2 Å². The minimum absolute atomic E-state index is 0.00612. The van der Waals surface area contributed by atoms with E-state index in [9.17, 15) is 4.79 Å². The quantitative estimate of drug-likeness (QED) is 0.513. The molecule has 1 N–H and O–H groups in total. The van der Waals surface area contributed by atoms with Crippen LogP contribution in [0.5, 0.6) is 17.2 Å². The number of anilines is 1. The van der Waals surface area contributed by atoms with E-state index < -0.39 is 11.4 Å². The third-order valence-electron chi connectivity index (χ3n) is 7.61. The van der Waals surface area contributed by atoms with Gasteiger partial charge in [-0.25, -0.2) is 4.39 Å². The molecule has 2 aromatic rings. The second kappa shape index (κ2) is 8.92. The number of likely N-dealkylation sites (N-methyl/N-ethyl adjacent to an activating group) is 1. The van der Waals surface area contributed by atoms with Crippen LogP contribution in [-0.4, -0.2) is 56.5 Å². The zero-order chi connectivity index (χ0) is 26.7. The highest BCUT2D eigenvalue weighted by Gasteiger charge is 2.58. The Balaban J connectivity index is 1.52. The molecule has 8 heteroatoms. The van der Waals surface area contributed by atoms with Gasteiger partial charge in [-0.05, 0) is 55.9 Å². The van der Waals surface area contributed by atoms with Crippen molar-refractivity contribution in [3.63, 3.8) is 0 Å². The monoisotopic (exact) mass is 509 g/mol. The summed E-state index contributed by atoms with van der Waals surface area (Å²) < 4.78 is 33.1. The molecule has 0 atom stereocenters. The van der Waals surface area contributed by atoms with E-state index in [0.717, 1.165) is 36.4 Å². The molecule has 0 saturated heterocycles. The third-order valence-corrected chi connectivity index (χ3v) is 7.61. The van der Waals surface area contributed by atoms with E-state index in [4.69, 9.17) is 19.6 Å². The maximum atomic E-state index is 15.7. The Morgan fingerprint density at radius 1 is 1.16 bits per heavy atom. The molecule has 0 unspecified atom stereocenters. The van der Waals surface area contributed by atoms with Crippen molar-refractivity contribution >= 4 is 17.3 Å². The summed E-state index contributed by atoms with van der Waals surface area (Å²) in [5.41, 5.74) is 2.61.